The Morgan fingerprint density at radius 1 is 0.682 bits per heavy atom. The Balaban J connectivity index is 0.000000555. The molecule has 0 bridgehead atoms. The van der Waals surface area contributed by atoms with Crippen molar-refractivity contribution < 1.29 is 9.59 Å². The summed E-state index contributed by atoms with van der Waals surface area (Å²) in [5.41, 5.74) is 10.2. The van der Waals surface area contributed by atoms with Crippen LogP contribution in [0.2, 0.25) is 0 Å². The van der Waals surface area contributed by atoms with E-state index in [4.69, 9.17) is 5.73 Å². The predicted molar refractivity (Wildman–Crippen MR) is 185 cm³/mol. The van der Waals surface area contributed by atoms with Gasteiger partial charge in [-0.05, 0) is 76.8 Å². The number of rotatable bonds is 13. The standard InChI is InChI=1S/C33H36N2O2.C6H6S/c34-32(36)18-10-7-15-27(26-13-5-2-6-14-26)23-28-19-20-29(31-17-9-8-16-30(28)31)24-33(37)35-22-21-25-11-3-1-4-12-25;7-6-4-2-1-3-5-6/h1-6,8-9,11-14,16-17,19-20,27H,7,10,15,18,21-24H2,(H2,34,36)(H,35,37);1-5,7H. The Labute approximate surface area is 267 Å². The van der Waals surface area contributed by atoms with Gasteiger partial charge in [-0.3, -0.25) is 9.59 Å². The molecule has 0 saturated heterocycles. The lowest BCUT2D eigenvalue weighted by molar-refractivity contribution is -0.120. The molecule has 0 heterocycles. The van der Waals surface area contributed by atoms with E-state index in [0.29, 0.717) is 25.3 Å². The molecule has 1 unspecified atom stereocenters. The third-order valence-electron chi connectivity index (χ3n) is 7.75. The molecule has 0 aliphatic rings. The van der Waals surface area contributed by atoms with E-state index in [1.54, 1.807) is 0 Å². The smallest absolute Gasteiger partial charge is 0.224 e. The summed E-state index contributed by atoms with van der Waals surface area (Å²) >= 11 is 4.08. The Kier molecular flexibility index (Phi) is 13.1. The van der Waals surface area contributed by atoms with Crippen LogP contribution in [0, 0.1) is 0 Å². The highest BCUT2D eigenvalue weighted by Gasteiger charge is 2.16. The molecule has 226 valence electrons. The molecular formula is C39H42N2O2S. The topological polar surface area (TPSA) is 72.2 Å². The van der Waals surface area contributed by atoms with Crippen LogP contribution < -0.4 is 11.1 Å². The maximum absolute atomic E-state index is 12.7. The molecule has 0 spiro atoms. The fraction of sp³-hybridized carbons (Fsp3) is 0.231. The monoisotopic (exact) mass is 602 g/mol. The predicted octanol–water partition coefficient (Wildman–Crippen LogP) is 8.09. The molecule has 5 aromatic carbocycles. The van der Waals surface area contributed by atoms with E-state index in [9.17, 15) is 9.59 Å². The lowest BCUT2D eigenvalue weighted by Gasteiger charge is -2.20. The van der Waals surface area contributed by atoms with E-state index in [0.717, 1.165) is 47.9 Å². The fourth-order valence-corrected chi connectivity index (χ4v) is 5.65. The highest BCUT2D eigenvalue weighted by molar-refractivity contribution is 7.80. The van der Waals surface area contributed by atoms with E-state index < -0.39 is 0 Å². The molecule has 0 aliphatic carbocycles. The molecule has 0 saturated carbocycles. The second kappa shape index (κ2) is 17.7. The first-order valence-electron chi connectivity index (χ1n) is 15.4. The minimum atomic E-state index is -0.234. The van der Waals surface area contributed by atoms with Gasteiger partial charge in [0.1, 0.15) is 0 Å². The number of unbranched alkanes of at least 4 members (excludes halogenated alkanes) is 1. The molecule has 5 aromatic rings. The molecule has 4 nitrogen and oxygen atoms in total. The van der Waals surface area contributed by atoms with Crippen LogP contribution in [0.1, 0.15) is 53.9 Å². The van der Waals surface area contributed by atoms with Gasteiger partial charge in [0, 0.05) is 17.9 Å². The number of fused-ring (bicyclic) bond motifs is 1. The number of thiol groups is 1. The number of carbonyl (C=O) groups is 2. The van der Waals surface area contributed by atoms with Crippen molar-refractivity contribution in [3.8, 4) is 0 Å². The van der Waals surface area contributed by atoms with E-state index in [-0.39, 0.29) is 11.8 Å². The largest absolute Gasteiger partial charge is 0.370 e. The Bertz CT molecular complexity index is 1590. The van der Waals surface area contributed by atoms with E-state index in [1.165, 1.54) is 22.1 Å². The lowest BCUT2D eigenvalue weighted by atomic mass is 9.85. The normalized spacial score (nSPS) is 11.3. The number of nitrogens with two attached hydrogens (primary N) is 1. The number of carbonyl (C=O) groups excluding carboxylic acids is 2. The number of amides is 2. The minimum Gasteiger partial charge on any atom is -0.370 e. The summed E-state index contributed by atoms with van der Waals surface area (Å²) in [7, 11) is 0. The Hall–Kier alpha value is -4.35. The average molecular weight is 603 g/mol. The van der Waals surface area contributed by atoms with Crippen LogP contribution in [-0.2, 0) is 28.9 Å². The quantitative estimate of drug-likeness (QED) is 0.0942. The summed E-state index contributed by atoms with van der Waals surface area (Å²) in [5.74, 6) is 0.164. The highest BCUT2D eigenvalue weighted by Crippen LogP contribution is 2.31. The molecule has 5 heteroatoms. The van der Waals surface area contributed by atoms with Crippen LogP contribution in [0.3, 0.4) is 0 Å². The molecule has 0 fully saturated rings. The van der Waals surface area contributed by atoms with Gasteiger partial charge in [-0.2, -0.15) is 0 Å². The summed E-state index contributed by atoms with van der Waals surface area (Å²) in [4.78, 5) is 24.9. The van der Waals surface area contributed by atoms with Gasteiger partial charge in [-0.25, -0.2) is 0 Å². The van der Waals surface area contributed by atoms with Crippen LogP contribution in [0.25, 0.3) is 10.8 Å². The zero-order chi connectivity index (χ0) is 31.0. The van der Waals surface area contributed by atoms with Gasteiger partial charge in [0.05, 0.1) is 6.42 Å². The van der Waals surface area contributed by atoms with Crippen molar-refractivity contribution in [1.82, 2.24) is 5.32 Å². The van der Waals surface area contributed by atoms with E-state index in [2.05, 4.69) is 84.7 Å². The highest BCUT2D eigenvalue weighted by atomic mass is 32.1. The second-order valence-corrected chi connectivity index (χ2v) is 11.6. The molecule has 2 amide bonds. The first-order chi connectivity index (χ1) is 21.5. The Morgan fingerprint density at radius 2 is 1.25 bits per heavy atom. The van der Waals surface area contributed by atoms with E-state index >= 15 is 0 Å². The molecular weight excluding hydrogens is 561 g/mol. The summed E-state index contributed by atoms with van der Waals surface area (Å²) in [6.45, 7) is 0.632. The van der Waals surface area contributed by atoms with Crippen molar-refractivity contribution in [3.63, 3.8) is 0 Å². The van der Waals surface area contributed by atoms with Crippen LogP contribution in [0.15, 0.2) is 132 Å². The molecule has 3 N–H and O–H groups in total. The fourth-order valence-electron chi connectivity index (χ4n) is 5.48. The molecule has 44 heavy (non-hydrogen) atoms. The molecule has 1 atom stereocenters. The molecule has 0 aromatic heterocycles. The summed E-state index contributed by atoms with van der Waals surface area (Å²) in [6.07, 6.45) is 5.31. The van der Waals surface area contributed by atoms with Crippen molar-refractivity contribution in [2.24, 2.45) is 5.73 Å². The summed E-state index contributed by atoms with van der Waals surface area (Å²) in [5, 5.41) is 5.42. The minimum absolute atomic E-state index is 0.0467. The SMILES string of the molecule is NC(=O)CCCCC(Cc1ccc(CC(=O)NCCc2ccccc2)c2ccccc12)c1ccccc1.Sc1ccccc1. The summed E-state index contributed by atoms with van der Waals surface area (Å²) < 4.78 is 0. The van der Waals surface area contributed by atoms with Gasteiger partial charge in [0.15, 0.2) is 0 Å². The van der Waals surface area contributed by atoms with Gasteiger partial charge in [-0.1, -0.05) is 122 Å². The average Bonchev–Trinajstić information content (AvgIpc) is 3.05. The van der Waals surface area contributed by atoms with Crippen molar-refractivity contribution >= 4 is 35.2 Å². The van der Waals surface area contributed by atoms with Crippen molar-refractivity contribution in [2.45, 2.75) is 55.8 Å². The van der Waals surface area contributed by atoms with Crippen molar-refractivity contribution in [2.75, 3.05) is 6.54 Å². The zero-order valence-corrected chi connectivity index (χ0v) is 26.1. The van der Waals surface area contributed by atoms with Gasteiger partial charge >= 0.3 is 0 Å². The molecule has 5 rings (SSSR count). The molecule has 0 radical (unpaired) electrons. The first-order valence-corrected chi connectivity index (χ1v) is 15.8. The van der Waals surface area contributed by atoms with Crippen LogP contribution >= 0.6 is 12.6 Å². The maximum Gasteiger partial charge on any atom is 0.224 e. The number of benzene rings is 5. The maximum atomic E-state index is 12.7. The van der Waals surface area contributed by atoms with Crippen molar-refractivity contribution in [1.29, 1.82) is 0 Å². The van der Waals surface area contributed by atoms with Crippen LogP contribution in [-0.4, -0.2) is 18.4 Å². The number of primary amides is 1. The third-order valence-corrected chi connectivity index (χ3v) is 8.05. The van der Waals surface area contributed by atoms with Gasteiger partial charge in [-0.15, -0.1) is 12.6 Å². The first kappa shape index (κ1) is 32.6. The lowest BCUT2D eigenvalue weighted by Crippen LogP contribution is -2.27. The number of nitrogens with one attached hydrogen (secondary N) is 1. The third kappa shape index (κ3) is 10.7. The van der Waals surface area contributed by atoms with Crippen LogP contribution in [0.4, 0.5) is 0 Å². The van der Waals surface area contributed by atoms with Gasteiger partial charge in [0.2, 0.25) is 11.8 Å². The van der Waals surface area contributed by atoms with Crippen LogP contribution in [0.5, 0.6) is 0 Å². The van der Waals surface area contributed by atoms with Crippen molar-refractivity contribution in [3.05, 3.63) is 150 Å². The van der Waals surface area contributed by atoms with E-state index in [1.807, 2.05) is 60.7 Å². The number of hydrogen-bond donors (Lipinski definition) is 3. The zero-order valence-electron chi connectivity index (χ0n) is 25.2. The van der Waals surface area contributed by atoms with Gasteiger partial charge in [0.25, 0.3) is 0 Å². The number of hydrogen-bond acceptors (Lipinski definition) is 3. The van der Waals surface area contributed by atoms with Gasteiger partial charge < -0.3 is 11.1 Å². The Morgan fingerprint density at radius 3 is 1.86 bits per heavy atom. The summed E-state index contributed by atoms with van der Waals surface area (Å²) in [6, 6.07) is 43.3. The second-order valence-electron chi connectivity index (χ2n) is 11.1. The molecule has 0 aliphatic heterocycles.